The summed E-state index contributed by atoms with van der Waals surface area (Å²) in [5.41, 5.74) is 0. The maximum Gasteiger partial charge on any atom is 0.260 e. The van der Waals surface area contributed by atoms with Crippen molar-refractivity contribution < 1.29 is 13.9 Å². The standard InChI is InChI=1S/C16H20BrFN2O2.ClH/c1-9(22-15-5-2-10(18)6-14(15)17)16(21)20-13-7-11-3-4-12(8-13)19-11;/h2,5-6,9,11-13,19H,3-4,7-8H2,1H3,(H,20,21);1H. The molecule has 2 fully saturated rings. The van der Waals surface area contributed by atoms with Gasteiger partial charge in [0.25, 0.3) is 5.91 Å². The van der Waals surface area contributed by atoms with Crippen LogP contribution in [-0.2, 0) is 4.79 Å². The molecule has 0 spiro atoms. The van der Waals surface area contributed by atoms with Crippen LogP contribution in [0.5, 0.6) is 5.75 Å². The molecule has 2 aliphatic heterocycles. The lowest BCUT2D eigenvalue weighted by Gasteiger charge is -2.30. The van der Waals surface area contributed by atoms with Gasteiger partial charge in [-0.3, -0.25) is 4.79 Å². The quantitative estimate of drug-likeness (QED) is 0.806. The van der Waals surface area contributed by atoms with E-state index in [-0.39, 0.29) is 30.2 Å². The number of hydrogen-bond acceptors (Lipinski definition) is 3. The number of amides is 1. The Balaban J connectivity index is 0.00000192. The number of benzene rings is 1. The van der Waals surface area contributed by atoms with Gasteiger partial charge in [-0.05, 0) is 66.7 Å². The molecule has 2 N–H and O–H groups in total. The SMILES string of the molecule is CC(Oc1ccc(F)cc1Br)C(=O)NC1CC2CCC(C1)N2.Cl. The molecular weight excluding hydrogens is 387 g/mol. The van der Waals surface area contributed by atoms with Gasteiger partial charge in [-0.15, -0.1) is 12.4 Å². The van der Waals surface area contributed by atoms with Crippen LogP contribution in [0.15, 0.2) is 22.7 Å². The molecule has 2 saturated heterocycles. The van der Waals surface area contributed by atoms with Gasteiger partial charge in [-0.1, -0.05) is 0 Å². The van der Waals surface area contributed by atoms with E-state index in [0.29, 0.717) is 22.3 Å². The molecule has 23 heavy (non-hydrogen) atoms. The van der Waals surface area contributed by atoms with Crippen LogP contribution in [-0.4, -0.2) is 30.1 Å². The zero-order chi connectivity index (χ0) is 15.7. The fraction of sp³-hybridized carbons (Fsp3) is 0.562. The summed E-state index contributed by atoms with van der Waals surface area (Å²) in [7, 11) is 0. The lowest BCUT2D eigenvalue weighted by molar-refractivity contribution is -0.128. The summed E-state index contributed by atoms with van der Waals surface area (Å²) in [4.78, 5) is 12.3. The first-order chi connectivity index (χ1) is 10.5. The molecule has 3 unspecified atom stereocenters. The van der Waals surface area contributed by atoms with Crippen molar-refractivity contribution in [2.24, 2.45) is 0 Å². The summed E-state index contributed by atoms with van der Waals surface area (Å²) in [6.07, 6.45) is 3.75. The second kappa shape index (κ2) is 7.81. The monoisotopic (exact) mass is 406 g/mol. The van der Waals surface area contributed by atoms with Crippen LogP contribution < -0.4 is 15.4 Å². The molecule has 0 saturated carbocycles. The minimum absolute atomic E-state index is 0. The maximum atomic E-state index is 13.1. The topological polar surface area (TPSA) is 50.4 Å². The smallest absolute Gasteiger partial charge is 0.260 e. The predicted octanol–water partition coefficient (Wildman–Crippen LogP) is 3.18. The van der Waals surface area contributed by atoms with E-state index in [1.165, 1.54) is 31.0 Å². The molecule has 3 rings (SSSR count). The van der Waals surface area contributed by atoms with E-state index in [0.717, 1.165) is 12.8 Å². The van der Waals surface area contributed by atoms with Crippen LogP contribution >= 0.6 is 28.3 Å². The number of hydrogen-bond donors (Lipinski definition) is 2. The third-order valence-corrected chi connectivity index (χ3v) is 5.01. The third-order valence-electron chi connectivity index (χ3n) is 4.39. The van der Waals surface area contributed by atoms with Crippen LogP contribution in [0.1, 0.15) is 32.6 Å². The highest BCUT2D eigenvalue weighted by molar-refractivity contribution is 9.10. The summed E-state index contributed by atoms with van der Waals surface area (Å²) in [5, 5.41) is 6.63. The molecule has 2 bridgehead atoms. The predicted molar refractivity (Wildman–Crippen MR) is 92.5 cm³/mol. The molecule has 1 aromatic carbocycles. The lowest BCUT2D eigenvalue weighted by atomic mass is 9.99. The van der Waals surface area contributed by atoms with Gasteiger partial charge in [0.1, 0.15) is 11.6 Å². The molecule has 3 atom stereocenters. The Kier molecular flexibility index (Phi) is 6.28. The van der Waals surface area contributed by atoms with E-state index < -0.39 is 6.10 Å². The summed E-state index contributed by atoms with van der Waals surface area (Å²) in [5.74, 6) is -0.00142. The van der Waals surface area contributed by atoms with Crippen molar-refractivity contribution in [1.82, 2.24) is 10.6 Å². The maximum absolute atomic E-state index is 13.1. The van der Waals surface area contributed by atoms with Crippen molar-refractivity contribution in [3.05, 3.63) is 28.5 Å². The van der Waals surface area contributed by atoms with Crippen molar-refractivity contribution in [3.63, 3.8) is 0 Å². The second-order valence-corrected chi connectivity index (χ2v) is 7.00. The van der Waals surface area contributed by atoms with Gasteiger partial charge in [0, 0.05) is 18.1 Å². The molecule has 2 heterocycles. The normalized spacial score (nSPS) is 27.0. The van der Waals surface area contributed by atoms with Gasteiger partial charge in [-0.25, -0.2) is 4.39 Å². The van der Waals surface area contributed by atoms with Crippen molar-refractivity contribution in [3.8, 4) is 5.75 Å². The lowest BCUT2D eigenvalue weighted by Crippen LogP contribution is -2.50. The van der Waals surface area contributed by atoms with E-state index >= 15 is 0 Å². The summed E-state index contributed by atoms with van der Waals surface area (Å²) in [6.45, 7) is 1.71. The Bertz CT molecular complexity index is 563. The molecule has 2 aliphatic rings. The van der Waals surface area contributed by atoms with Crippen molar-refractivity contribution in [2.45, 2.75) is 56.8 Å². The van der Waals surface area contributed by atoms with Crippen molar-refractivity contribution in [2.75, 3.05) is 0 Å². The van der Waals surface area contributed by atoms with Crippen molar-refractivity contribution in [1.29, 1.82) is 0 Å². The molecule has 1 aromatic rings. The first-order valence-electron chi connectivity index (χ1n) is 7.69. The molecule has 0 aliphatic carbocycles. The van der Waals surface area contributed by atoms with Gasteiger partial charge >= 0.3 is 0 Å². The highest BCUT2D eigenvalue weighted by atomic mass is 79.9. The molecule has 0 radical (unpaired) electrons. The summed E-state index contributed by atoms with van der Waals surface area (Å²) < 4.78 is 19.2. The van der Waals surface area contributed by atoms with Crippen LogP contribution in [0, 0.1) is 5.82 Å². The number of ether oxygens (including phenoxy) is 1. The molecule has 0 aromatic heterocycles. The highest BCUT2D eigenvalue weighted by Gasteiger charge is 2.34. The molecular formula is C16H21BrClFN2O2. The van der Waals surface area contributed by atoms with Gasteiger partial charge < -0.3 is 15.4 Å². The minimum Gasteiger partial charge on any atom is -0.480 e. The average Bonchev–Trinajstić information content (AvgIpc) is 2.81. The van der Waals surface area contributed by atoms with E-state index in [1.807, 2.05) is 0 Å². The van der Waals surface area contributed by atoms with Crippen molar-refractivity contribution >= 4 is 34.2 Å². The Hall–Kier alpha value is -0.850. The second-order valence-electron chi connectivity index (χ2n) is 6.15. The number of fused-ring (bicyclic) bond motifs is 2. The van der Waals surface area contributed by atoms with Crippen LogP contribution in [0.3, 0.4) is 0 Å². The number of carbonyl (C=O) groups excluding carboxylic acids is 1. The van der Waals surface area contributed by atoms with E-state index in [1.54, 1.807) is 6.92 Å². The third kappa shape index (κ3) is 4.58. The number of carbonyl (C=O) groups is 1. The number of piperidine rings is 1. The Morgan fingerprint density at radius 1 is 1.39 bits per heavy atom. The van der Waals surface area contributed by atoms with Gasteiger partial charge in [-0.2, -0.15) is 0 Å². The fourth-order valence-electron chi connectivity index (χ4n) is 3.31. The Morgan fingerprint density at radius 2 is 2.04 bits per heavy atom. The zero-order valence-electron chi connectivity index (χ0n) is 12.9. The summed E-state index contributed by atoms with van der Waals surface area (Å²) in [6, 6.07) is 5.44. The van der Waals surface area contributed by atoms with Gasteiger partial charge in [0.05, 0.1) is 4.47 Å². The Labute approximate surface area is 150 Å². The molecule has 128 valence electrons. The van der Waals surface area contributed by atoms with Crippen LogP contribution in [0.4, 0.5) is 4.39 Å². The van der Waals surface area contributed by atoms with Crippen LogP contribution in [0.2, 0.25) is 0 Å². The highest BCUT2D eigenvalue weighted by Crippen LogP contribution is 2.28. The van der Waals surface area contributed by atoms with E-state index in [9.17, 15) is 9.18 Å². The molecule has 4 nitrogen and oxygen atoms in total. The Morgan fingerprint density at radius 3 is 2.65 bits per heavy atom. The molecule has 1 amide bonds. The average molecular weight is 408 g/mol. The van der Waals surface area contributed by atoms with Crippen LogP contribution in [0.25, 0.3) is 0 Å². The molecule has 7 heteroatoms. The van der Waals surface area contributed by atoms with Gasteiger partial charge in [0.15, 0.2) is 6.10 Å². The number of halogens is 3. The number of rotatable bonds is 4. The number of nitrogens with one attached hydrogen (secondary N) is 2. The summed E-state index contributed by atoms with van der Waals surface area (Å²) >= 11 is 3.24. The largest absolute Gasteiger partial charge is 0.480 e. The van der Waals surface area contributed by atoms with E-state index in [2.05, 4.69) is 26.6 Å². The first-order valence-corrected chi connectivity index (χ1v) is 8.48. The zero-order valence-corrected chi connectivity index (χ0v) is 15.3. The van der Waals surface area contributed by atoms with Gasteiger partial charge in [0.2, 0.25) is 0 Å². The minimum atomic E-state index is -0.616. The first kappa shape index (κ1) is 18.5. The van der Waals surface area contributed by atoms with E-state index in [4.69, 9.17) is 4.74 Å². The fourth-order valence-corrected chi connectivity index (χ4v) is 3.75.